The van der Waals surface area contributed by atoms with E-state index in [-0.39, 0.29) is 12.5 Å². The fourth-order valence-electron chi connectivity index (χ4n) is 1.65. The zero-order valence-corrected chi connectivity index (χ0v) is 13.1. The van der Waals surface area contributed by atoms with E-state index in [0.717, 1.165) is 9.21 Å². The molecule has 2 N–H and O–H groups in total. The normalized spacial score (nSPS) is 12.0. The topological polar surface area (TPSA) is 58.6 Å². The number of nitrogens with one attached hydrogen (secondary N) is 1. The van der Waals surface area contributed by atoms with Gasteiger partial charge in [-0.1, -0.05) is 17.7 Å². The van der Waals surface area contributed by atoms with Crippen molar-refractivity contribution in [3.8, 4) is 5.75 Å². The van der Waals surface area contributed by atoms with Gasteiger partial charge < -0.3 is 15.2 Å². The molecule has 1 amide bonds. The van der Waals surface area contributed by atoms with Crippen molar-refractivity contribution in [1.82, 2.24) is 5.32 Å². The van der Waals surface area contributed by atoms with Crippen LogP contribution in [0.15, 0.2) is 36.4 Å². The Morgan fingerprint density at radius 2 is 2.24 bits per heavy atom. The second-order valence-corrected chi connectivity index (χ2v) is 6.38. The molecule has 0 spiro atoms. The summed E-state index contributed by atoms with van der Waals surface area (Å²) in [5.74, 6) is 0.379. The highest BCUT2D eigenvalue weighted by Crippen LogP contribution is 2.23. The maximum Gasteiger partial charge on any atom is 0.251 e. The first kappa shape index (κ1) is 15.8. The Morgan fingerprint density at radius 1 is 1.43 bits per heavy atom. The molecule has 0 fully saturated rings. The lowest BCUT2D eigenvalue weighted by Gasteiger charge is -2.09. The summed E-state index contributed by atoms with van der Waals surface area (Å²) in [5, 5.41) is 11.8. The van der Waals surface area contributed by atoms with E-state index < -0.39 is 6.10 Å². The van der Waals surface area contributed by atoms with Crippen molar-refractivity contribution in [1.29, 1.82) is 0 Å². The molecule has 4 nitrogen and oxygen atoms in total. The van der Waals surface area contributed by atoms with E-state index in [1.165, 1.54) is 11.3 Å². The minimum absolute atomic E-state index is 0.220. The molecule has 0 bridgehead atoms. The second kappa shape index (κ2) is 7.45. The Morgan fingerprint density at radius 3 is 2.90 bits per heavy atom. The smallest absolute Gasteiger partial charge is 0.251 e. The van der Waals surface area contributed by atoms with Crippen LogP contribution in [-0.4, -0.2) is 23.7 Å². The molecule has 0 aliphatic rings. The van der Waals surface area contributed by atoms with Crippen LogP contribution in [0.3, 0.4) is 0 Å². The first-order valence-electron chi connectivity index (χ1n) is 6.48. The van der Waals surface area contributed by atoms with Gasteiger partial charge in [-0.15, -0.1) is 11.3 Å². The average molecular weight is 326 g/mol. The molecule has 21 heavy (non-hydrogen) atoms. The number of halogens is 1. The van der Waals surface area contributed by atoms with Crippen molar-refractivity contribution in [2.75, 3.05) is 6.54 Å². The Bertz CT molecular complexity index is 612. The number of carbonyl (C=O) groups excluding carboxylic acids is 1. The van der Waals surface area contributed by atoms with Crippen LogP contribution in [0.25, 0.3) is 0 Å². The average Bonchev–Trinajstić information content (AvgIpc) is 2.88. The number of ether oxygens (including phenoxy) is 1. The molecule has 0 saturated heterocycles. The Labute approximate surface area is 132 Å². The Balaban J connectivity index is 1.95. The first-order valence-corrected chi connectivity index (χ1v) is 7.67. The minimum atomic E-state index is -0.572. The highest BCUT2D eigenvalue weighted by molar-refractivity contribution is 7.16. The van der Waals surface area contributed by atoms with Crippen LogP contribution < -0.4 is 10.1 Å². The van der Waals surface area contributed by atoms with Crippen LogP contribution in [0.2, 0.25) is 4.34 Å². The van der Waals surface area contributed by atoms with Gasteiger partial charge in [0, 0.05) is 17.0 Å². The second-order valence-electron chi connectivity index (χ2n) is 4.58. The van der Waals surface area contributed by atoms with Crippen LogP contribution >= 0.6 is 22.9 Å². The van der Waals surface area contributed by atoms with E-state index in [0.29, 0.717) is 17.9 Å². The molecule has 6 heteroatoms. The zero-order chi connectivity index (χ0) is 15.2. The van der Waals surface area contributed by atoms with Gasteiger partial charge in [0.1, 0.15) is 12.4 Å². The standard InChI is InChI=1S/C15H16ClNO3S/c1-10(18)8-17-15(19)11-3-2-4-12(7-11)20-9-13-5-6-14(16)21-13/h2-7,10,18H,8-9H2,1H3,(H,17,19)/t10-/m1/s1. The predicted molar refractivity (Wildman–Crippen MR) is 84.1 cm³/mol. The molecule has 112 valence electrons. The fraction of sp³-hybridized carbons (Fsp3) is 0.267. The van der Waals surface area contributed by atoms with Gasteiger partial charge in [-0.3, -0.25) is 4.79 Å². The van der Waals surface area contributed by atoms with Gasteiger partial charge >= 0.3 is 0 Å². The van der Waals surface area contributed by atoms with E-state index in [9.17, 15) is 4.79 Å². The molecule has 0 unspecified atom stereocenters. The van der Waals surface area contributed by atoms with Crippen LogP contribution in [0, 0.1) is 0 Å². The van der Waals surface area contributed by atoms with Crippen LogP contribution in [0.5, 0.6) is 5.75 Å². The van der Waals surface area contributed by atoms with Gasteiger partial charge in [0.25, 0.3) is 5.91 Å². The number of aliphatic hydroxyl groups is 1. The van der Waals surface area contributed by atoms with E-state index in [1.807, 2.05) is 12.1 Å². The van der Waals surface area contributed by atoms with Crippen LogP contribution in [0.4, 0.5) is 0 Å². The maximum absolute atomic E-state index is 11.9. The molecule has 2 rings (SSSR count). The first-order chi connectivity index (χ1) is 10.0. The largest absolute Gasteiger partial charge is 0.488 e. The van der Waals surface area contributed by atoms with E-state index >= 15 is 0 Å². The summed E-state index contributed by atoms with van der Waals surface area (Å²) in [6.07, 6.45) is -0.572. The van der Waals surface area contributed by atoms with Gasteiger partial charge in [0.15, 0.2) is 0 Å². The summed E-state index contributed by atoms with van der Waals surface area (Å²) in [5.41, 5.74) is 0.498. The number of hydrogen-bond donors (Lipinski definition) is 2. The summed E-state index contributed by atoms with van der Waals surface area (Å²) >= 11 is 7.32. The SMILES string of the molecule is C[C@@H](O)CNC(=O)c1cccc(OCc2ccc(Cl)s2)c1. The van der Waals surface area contributed by atoms with Gasteiger partial charge in [-0.25, -0.2) is 0 Å². The highest BCUT2D eigenvalue weighted by Gasteiger charge is 2.08. The van der Waals surface area contributed by atoms with E-state index in [4.69, 9.17) is 21.4 Å². The number of aliphatic hydroxyl groups excluding tert-OH is 1. The third-order valence-corrected chi connectivity index (χ3v) is 3.87. The Hall–Kier alpha value is -1.56. The monoisotopic (exact) mass is 325 g/mol. The van der Waals surface area contributed by atoms with Crippen molar-refractivity contribution < 1.29 is 14.6 Å². The number of rotatable bonds is 6. The highest BCUT2D eigenvalue weighted by atomic mass is 35.5. The van der Waals surface area contributed by atoms with Crippen LogP contribution in [-0.2, 0) is 6.61 Å². The van der Waals surface area contributed by atoms with Crippen molar-refractivity contribution >= 4 is 28.8 Å². The molecule has 1 aromatic heterocycles. The van der Waals surface area contributed by atoms with Crippen molar-refractivity contribution in [2.45, 2.75) is 19.6 Å². The van der Waals surface area contributed by atoms with Gasteiger partial charge in [0.05, 0.1) is 10.4 Å². The van der Waals surface area contributed by atoms with Gasteiger partial charge in [0.2, 0.25) is 0 Å². The molecule has 1 atom stereocenters. The summed E-state index contributed by atoms with van der Waals surface area (Å²) in [6, 6.07) is 10.7. The third kappa shape index (κ3) is 5.04. The molecule has 0 aliphatic carbocycles. The lowest BCUT2D eigenvalue weighted by Crippen LogP contribution is -2.30. The van der Waals surface area contributed by atoms with E-state index in [2.05, 4.69) is 5.32 Å². The zero-order valence-electron chi connectivity index (χ0n) is 11.5. The number of hydrogen-bond acceptors (Lipinski definition) is 4. The number of benzene rings is 1. The summed E-state index contributed by atoms with van der Waals surface area (Å²) < 4.78 is 6.37. The van der Waals surface area contributed by atoms with E-state index in [1.54, 1.807) is 31.2 Å². The molecule has 0 aliphatic heterocycles. The van der Waals surface area contributed by atoms with Crippen molar-refractivity contribution in [2.24, 2.45) is 0 Å². The molecular weight excluding hydrogens is 310 g/mol. The predicted octanol–water partition coefficient (Wildman–Crippen LogP) is 3.09. The summed E-state index contributed by atoms with van der Waals surface area (Å²) in [4.78, 5) is 12.9. The maximum atomic E-state index is 11.9. The molecule has 0 saturated carbocycles. The quantitative estimate of drug-likeness (QED) is 0.858. The summed E-state index contributed by atoms with van der Waals surface area (Å²) in [7, 11) is 0. The summed E-state index contributed by atoms with van der Waals surface area (Å²) in [6.45, 7) is 2.25. The molecular formula is C15H16ClNO3S. The molecule has 1 aromatic carbocycles. The molecule has 0 radical (unpaired) electrons. The van der Waals surface area contributed by atoms with Gasteiger partial charge in [-0.2, -0.15) is 0 Å². The minimum Gasteiger partial charge on any atom is -0.488 e. The lowest BCUT2D eigenvalue weighted by molar-refractivity contribution is 0.0923. The number of carbonyl (C=O) groups is 1. The van der Waals surface area contributed by atoms with Gasteiger partial charge in [-0.05, 0) is 37.3 Å². The number of thiophene rings is 1. The fourth-order valence-corrected chi connectivity index (χ4v) is 2.65. The van der Waals surface area contributed by atoms with Crippen molar-refractivity contribution in [3.63, 3.8) is 0 Å². The lowest BCUT2D eigenvalue weighted by atomic mass is 10.2. The van der Waals surface area contributed by atoms with Crippen LogP contribution in [0.1, 0.15) is 22.2 Å². The van der Waals surface area contributed by atoms with Crippen molar-refractivity contribution in [3.05, 3.63) is 51.2 Å². The Kier molecular flexibility index (Phi) is 5.61. The number of amides is 1. The molecule has 2 aromatic rings. The third-order valence-electron chi connectivity index (χ3n) is 2.66. The molecule has 1 heterocycles.